The molecule has 1 aliphatic carbocycles. The van der Waals surface area contributed by atoms with Gasteiger partial charge in [-0.15, -0.1) is 0 Å². The average Bonchev–Trinajstić information content (AvgIpc) is 2.87. The number of carbonyl (C=O) groups is 1. The SMILES string of the molecule is Nc1cc(F)ccc1C(=O)NCCCC1CCCC1. The zero-order valence-electron chi connectivity index (χ0n) is 11.1. The van der Waals surface area contributed by atoms with E-state index in [0.717, 1.165) is 12.3 Å². The summed E-state index contributed by atoms with van der Waals surface area (Å²) in [6.07, 6.45) is 7.54. The molecule has 104 valence electrons. The normalized spacial score (nSPS) is 15.6. The number of anilines is 1. The summed E-state index contributed by atoms with van der Waals surface area (Å²) in [5, 5.41) is 2.84. The van der Waals surface area contributed by atoms with Crippen LogP contribution in [-0.4, -0.2) is 12.5 Å². The van der Waals surface area contributed by atoms with Gasteiger partial charge in [0, 0.05) is 12.2 Å². The lowest BCUT2D eigenvalue weighted by atomic mass is 10.0. The van der Waals surface area contributed by atoms with Crippen LogP contribution in [0.5, 0.6) is 0 Å². The summed E-state index contributed by atoms with van der Waals surface area (Å²) >= 11 is 0. The summed E-state index contributed by atoms with van der Waals surface area (Å²) in [6, 6.07) is 3.86. The lowest BCUT2D eigenvalue weighted by molar-refractivity contribution is 0.0953. The van der Waals surface area contributed by atoms with E-state index >= 15 is 0 Å². The van der Waals surface area contributed by atoms with Gasteiger partial charge in [0.25, 0.3) is 5.91 Å². The van der Waals surface area contributed by atoms with Gasteiger partial charge < -0.3 is 11.1 Å². The maximum absolute atomic E-state index is 12.9. The van der Waals surface area contributed by atoms with Crippen molar-refractivity contribution in [3.63, 3.8) is 0 Å². The molecular weight excluding hydrogens is 243 g/mol. The van der Waals surface area contributed by atoms with E-state index in [1.807, 2.05) is 0 Å². The minimum Gasteiger partial charge on any atom is -0.398 e. The van der Waals surface area contributed by atoms with Gasteiger partial charge in [0.2, 0.25) is 0 Å². The Balaban J connectivity index is 1.74. The number of nitrogen functional groups attached to an aromatic ring is 1. The first-order chi connectivity index (χ1) is 9.16. The molecule has 4 heteroatoms. The average molecular weight is 264 g/mol. The zero-order chi connectivity index (χ0) is 13.7. The Morgan fingerprint density at radius 2 is 2.11 bits per heavy atom. The van der Waals surface area contributed by atoms with Crippen LogP contribution in [0.3, 0.4) is 0 Å². The van der Waals surface area contributed by atoms with Crippen LogP contribution >= 0.6 is 0 Å². The van der Waals surface area contributed by atoms with Gasteiger partial charge in [0.15, 0.2) is 0 Å². The second-order valence-corrected chi connectivity index (χ2v) is 5.28. The van der Waals surface area contributed by atoms with E-state index in [1.54, 1.807) is 0 Å². The van der Waals surface area contributed by atoms with Crippen LogP contribution in [-0.2, 0) is 0 Å². The number of benzene rings is 1. The molecule has 0 aliphatic heterocycles. The highest BCUT2D eigenvalue weighted by Crippen LogP contribution is 2.28. The van der Waals surface area contributed by atoms with Gasteiger partial charge in [-0.1, -0.05) is 25.7 Å². The molecule has 0 aromatic heterocycles. The van der Waals surface area contributed by atoms with Gasteiger partial charge in [0.05, 0.1) is 5.56 Å². The van der Waals surface area contributed by atoms with Crippen molar-refractivity contribution in [3.8, 4) is 0 Å². The highest BCUT2D eigenvalue weighted by Gasteiger charge is 2.14. The molecule has 1 fully saturated rings. The molecule has 1 aromatic rings. The standard InChI is InChI=1S/C15H21FN2O/c16-12-7-8-13(14(17)10-12)15(19)18-9-3-6-11-4-1-2-5-11/h7-8,10-11H,1-6,9,17H2,(H,18,19). The number of halogens is 1. The molecule has 0 saturated heterocycles. The quantitative estimate of drug-likeness (QED) is 0.634. The molecule has 19 heavy (non-hydrogen) atoms. The van der Waals surface area contributed by atoms with Gasteiger partial charge in [0.1, 0.15) is 5.82 Å². The molecule has 1 aliphatic rings. The van der Waals surface area contributed by atoms with Crippen LogP contribution in [0.1, 0.15) is 48.9 Å². The molecular formula is C15H21FN2O. The fourth-order valence-corrected chi connectivity index (χ4v) is 2.73. The topological polar surface area (TPSA) is 55.1 Å². The lowest BCUT2D eigenvalue weighted by Crippen LogP contribution is -2.25. The van der Waals surface area contributed by atoms with Gasteiger partial charge in [-0.3, -0.25) is 4.79 Å². The van der Waals surface area contributed by atoms with Crippen molar-refractivity contribution in [2.75, 3.05) is 12.3 Å². The molecule has 0 unspecified atom stereocenters. The van der Waals surface area contributed by atoms with E-state index in [1.165, 1.54) is 50.3 Å². The number of hydrogen-bond donors (Lipinski definition) is 2. The minimum atomic E-state index is -0.421. The number of carbonyl (C=O) groups excluding carboxylic acids is 1. The summed E-state index contributed by atoms with van der Waals surface area (Å²) in [4.78, 5) is 11.9. The van der Waals surface area contributed by atoms with Crippen molar-refractivity contribution in [2.45, 2.75) is 38.5 Å². The largest absolute Gasteiger partial charge is 0.398 e. The first-order valence-electron chi connectivity index (χ1n) is 7.00. The second-order valence-electron chi connectivity index (χ2n) is 5.28. The number of rotatable bonds is 5. The van der Waals surface area contributed by atoms with Crippen LogP contribution < -0.4 is 11.1 Å². The maximum Gasteiger partial charge on any atom is 0.253 e. The van der Waals surface area contributed by atoms with Crippen molar-refractivity contribution >= 4 is 11.6 Å². The third-order valence-electron chi connectivity index (χ3n) is 3.81. The zero-order valence-corrected chi connectivity index (χ0v) is 11.1. The molecule has 1 saturated carbocycles. The summed E-state index contributed by atoms with van der Waals surface area (Å²) in [7, 11) is 0. The molecule has 0 heterocycles. The molecule has 0 atom stereocenters. The fraction of sp³-hybridized carbons (Fsp3) is 0.533. The number of nitrogens with two attached hydrogens (primary N) is 1. The Morgan fingerprint density at radius 3 is 2.79 bits per heavy atom. The van der Waals surface area contributed by atoms with E-state index < -0.39 is 5.82 Å². The fourth-order valence-electron chi connectivity index (χ4n) is 2.73. The monoisotopic (exact) mass is 264 g/mol. The first kappa shape index (κ1) is 13.8. The van der Waals surface area contributed by atoms with Crippen molar-refractivity contribution in [1.82, 2.24) is 5.32 Å². The molecule has 0 radical (unpaired) electrons. The van der Waals surface area contributed by atoms with E-state index in [2.05, 4.69) is 5.32 Å². The van der Waals surface area contributed by atoms with Crippen LogP contribution in [0, 0.1) is 11.7 Å². The number of nitrogens with one attached hydrogen (secondary N) is 1. The predicted molar refractivity (Wildman–Crippen MR) is 74.3 cm³/mol. The molecule has 3 N–H and O–H groups in total. The molecule has 2 rings (SSSR count). The first-order valence-corrected chi connectivity index (χ1v) is 7.00. The highest BCUT2D eigenvalue weighted by molar-refractivity contribution is 5.99. The van der Waals surface area contributed by atoms with Gasteiger partial charge in [-0.05, 0) is 37.0 Å². The minimum absolute atomic E-state index is 0.188. The van der Waals surface area contributed by atoms with Crippen molar-refractivity contribution in [2.24, 2.45) is 5.92 Å². The van der Waals surface area contributed by atoms with Crippen molar-refractivity contribution in [1.29, 1.82) is 0 Å². The van der Waals surface area contributed by atoms with E-state index in [9.17, 15) is 9.18 Å². The third kappa shape index (κ3) is 3.94. The summed E-state index contributed by atoms with van der Waals surface area (Å²) < 4.78 is 12.9. The highest BCUT2D eigenvalue weighted by atomic mass is 19.1. The van der Waals surface area contributed by atoms with Crippen LogP contribution in [0.25, 0.3) is 0 Å². The molecule has 0 bridgehead atoms. The van der Waals surface area contributed by atoms with E-state index in [-0.39, 0.29) is 11.6 Å². The molecule has 0 spiro atoms. The van der Waals surface area contributed by atoms with Crippen LogP contribution in [0.2, 0.25) is 0 Å². The molecule has 1 aromatic carbocycles. The summed E-state index contributed by atoms with van der Waals surface area (Å²) in [6.45, 7) is 0.659. The lowest BCUT2D eigenvalue weighted by Gasteiger charge is -2.10. The number of hydrogen-bond acceptors (Lipinski definition) is 2. The van der Waals surface area contributed by atoms with Gasteiger partial charge in [-0.25, -0.2) is 4.39 Å². The third-order valence-corrected chi connectivity index (χ3v) is 3.81. The van der Waals surface area contributed by atoms with Crippen molar-refractivity contribution in [3.05, 3.63) is 29.6 Å². The Bertz CT molecular complexity index is 442. The Hall–Kier alpha value is -1.58. The Labute approximate surface area is 113 Å². The van der Waals surface area contributed by atoms with E-state index in [4.69, 9.17) is 5.73 Å². The number of amides is 1. The predicted octanol–water partition coefficient (Wildman–Crippen LogP) is 3.11. The van der Waals surface area contributed by atoms with E-state index in [0.29, 0.717) is 12.1 Å². The van der Waals surface area contributed by atoms with Gasteiger partial charge in [-0.2, -0.15) is 0 Å². The molecule has 3 nitrogen and oxygen atoms in total. The van der Waals surface area contributed by atoms with Gasteiger partial charge >= 0.3 is 0 Å². The maximum atomic E-state index is 12.9. The smallest absolute Gasteiger partial charge is 0.253 e. The van der Waals surface area contributed by atoms with Crippen LogP contribution in [0.4, 0.5) is 10.1 Å². The second kappa shape index (κ2) is 6.55. The summed E-state index contributed by atoms with van der Waals surface area (Å²) in [5.74, 6) is 0.201. The molecule has 1 amide bonds. The Morgan fingerprint density at radius 1 is 1.37 bits per heavy atom. The Kier molecular flexibility index (Phi) is 4.77. The summed E-state index contributed by atoms with van der Waals surface area (Å²) in [5.41, 5.74) is 6.16. The van der Waals surface area contributed by atoms with Crippen LogP contribution in [0.15, 0.2) is 18.2 Å². The van der Waals surface area contributed by atoms with Crippen molar-refractivity contribution < 1.29 is 9.18 Å².